The Morgan fingerprint density at radius 1 is 1.16 bits per heavy atom. The topological polar surface area (TPSA) is 113 Å². The largest absolute Gasteiger partial charge is 0.497 e. The van der Waals surface area contributed by atoms with Crippen molar-refractivity contribution >= 4 is 11.7 Å². The molecule has 0 bridgehead atoms. The van der Waals surface area contributed by atoms with Gasteiger partial charge in [0.2, 0.25) is 5.91 Å². The number of benzene rings is 2. The highest BCUT2D eigenvalue weighted by Crippen LogP contribution is 2.42. The number of terminal acetylenes is 1. The first-order valence-corrected chi connectivity index (χ1v) is 11.5. The van der Waals surface area contributed by atoms with Crippen molar-refractivity contribution in [1.82, 2.24) is 25.0 Å². The Bertz CT molecular complexity index is 1520. The van der Waals surface area contributed by atoms with Crippen molar-refractivity contribution in [2.24, 2.45) is 0 Å². The molecule has 1 aliphatic heterocycles. The van der Waals surface area contributed by atoms with Crippen LogP contribution in [0.1, 0.15) is 29.2 Å². The molecule has 37 heavy (non-hydrogen) atoms. The normalized spacial score (nSPS) is 14.3. The molecule has 0 aliphatic carbocycles. The molecule has 0 saturated carbocycles. The number of nitrogens with zero attached hydrogens (tertiary/aromatic N) is 5. The zero-order chi connectivity index (χ0) is 25.9. The lowest BCUT2D eigenvalue weighted by Gasteiger charge is -2.24. The van der Waals surface area contributed by atoms with Crippen molar-refractivity contribution in [1.29, 1.82) is 0 Å². The Kier molecular flexibility index (Phi) is 6.43. The first-order valence-electron chi connectivity index (χ1n) is 11.5. The number of rotatable bonds is 7. The number of ether oxygens (including phenoxy) is 3. The molecular formula is C27H24N6O4. The van der Waals surface area contributed by atoms with Gasteiger partial charge in [-0.2, -0.15) is 14.9 Å². The number of nitrogens with one attached hydrogen (secondary N) is 1. The van der Waals surface area contributed by atoms with Crippen LogP contribution in [0.2, 0.25) is 0 Å². The summed E-state index contributed by atoms with van der Waals surface area (Å²) in [6, 6.07) is 13.0. The van der Waals surface area contributed by atoms with Gasteiger partial charge in [-0.3, -0.25) is 4.79 Å². The van der Waals surface area contributed by atoms with E-state index in [1.54, 1.807) is 26.5 Å². The minimum absolute atomic E-state index is 0.125. The molecule has 0 unspecified atom stereocenters. The number of carbonyl (C=O) groups excluding carboxylic acids is 1. The summed E-state index contributed by atoms with van der Waals surface area (Å²) in [7, 11) is 3.16. The number of fused-ring (bicyclic) bond motifs is 1. The van der Waals surface area contributed by atoms with Crippen LogP contribution in [0.5, 0.6) is 17.2 Å². The molecule has 0 radical (unpaired) electrons. The lowest BCUT2D eigenvalue weighted by molar-refractivity contribution is -0.116. The van der Waals surface area contributed by atoms with E-state index in [-0.39, 0.29) is 30.8 Å². The molecule has 0 fully saturated rings. The van der Waals surface area contributed by atoms with Gasteiger partial charge in [-0.1, -0.05) is 24.1 Å². The molecule has 1 amide bonds. The van der Waals surface area contributed by atoms with Gasteiger partial charge in [0.1, 0.15) is 18.2 Å². The van der Waals surface area contributed by atoms with Crippen molar-refractivity contribution < 1.29 is 19.0 Å². The molecule has 1 aliphatic rings. The van der Waals surface area contributed by atoms with Crippen molar-refractivity contribution in [3.05, 3.63) is 65.5 Å². The zero-order valence-corrected chi connectivity index (χ0v) is 20.6. The highest BCUT2D eigenvalue weighted by atomic mass is 16.5. The van der Waals surface area contributed by atoms with Crippen LogP contribution in [0.3, 0.4) is 0 Å². The van der Waals surface area contributed by atoms with Crippen molar-refractivity contribution in [3.63, 3.8) is 0 Å². The molecule has 2 aromatic carbocycles. The molecule has 1 atom stereocenters. The Hall–Kier alpha value is -4.91. The smallest absolute Gasteiger partial charge is 0.272 e. The zero-order valence-electron chi connectivity index (χ0n) is 20.6. The van der Waals surface area contributed by atoms with Gasteiger partial charge in [-0.25, -0.2) is 4.98 Å². The molecule has 5 rings (SSSR count). The number of hydrogen-bond acceptors (Lipinski definition) is 8. The Balaban J connectivity index is 1.56. The van der Waals surface area contributed by atoms with E-state index in [0.29, 0.717) is 28.8 Å². The highest BCUT2D eigenvalue weighted by Gasteiger charge is 2.34. The summed E-state index contributed by atoms with van der Waals surface area (Å²) in [4.78, 5) is 17.5. The van der Waals surface area contributed by atoms with Gasteiger partial charge in [-0.05, 0) is 36.8 Å². The molecular weight excluding hydrogens is 472 g/mol. The Morgan fingerprint density at radius 3 is 2.81 bits per heavy atom. The van der Waals surface area contributed by atoms with Crippen LogP contribution in [0, 0.1) is 19.3 Å². The molecule has 0 saturated heterocycles. The maximum absolute atomic E-state index is 12.8. The summed E-state index contributed by atoms with van der Waals surface area (Å²) in [6.07, 6.45) is 7.13. The number of methoxy groups -OCH3 is 2. The summed E-state index contributed by atoms with van der Waals surface area (Å²) in [5.41, 5.74) is 3.90. The maximum atomic E-state index is 12.8. The molecule has 2 aromatic heterocycles. The number of aryl methyl sites for hydroxylation is 1. The fraction of sp³-hybridized carbons (Fsp3) is 0.222. The molecule has 1 N–H and O–H groups in total. The van der Waals surface area contributed by atoms with Gasteiger partial charge in [0.25, 0.3) is 5.95 Å². The van der Waals surface area contributed by atoms with E-state index in [9.17, 15) is 4.79 Å². The third-order valence-electron chi connectivity index (χ3n) is 6.11. The first-order chi connectivity index (χ1) is 18.0. The van der Waals surface area contributed by atoms with Crippen LogP contribution >= 0.6 is 0 Å². The van der Waals surface area contributed by atoms with Gasteiger partial charge < -0.3 is 19.5 Å². The van der Waals surface area contributed by atoms with E-state index in [4.69, 9.17) is 20.6 Å². The fourth-order valence-corrected chi connectivity index (χ4v) is 4.42. The summed E-state index contributed by atoms with van der Waals surface area (Å²) < 4.78 is 17.9. The summed E-state index contributed by atoms with van der Waals surface area (Å²) in [5.74, 6) is 4.54. The van der Waals surface area contributed by atoms with Gasteiger partial charge >= 0.3 is 0 Å². The molecule has 10 heteroatoms. The molecule has 10 nitrogen and oxygen atoms in total. The predicted octanol–water partition coefficient (Wildman–Crippen LogP) is 3.54. The van der Waals surface area contributed by atoms with Gasteiger partial charge in [0, 0.05) is 23.5 Å². The second-order valence-corrected chi connectivity index (χ2v) is 8.34. The second kappa shape index (κ2) is 9.99. The monoisotopic (exact) mass is 496 g/mol. The van der Waals surface area contributed by atoms with Crippen LogP contribution < -0.4 is 19.5 Å². The third kappa shape index (κ3) is 4.54. The SMILES string of the molecule is C#CCOc1ccc([C@@H]2CC(=O)Nc3c2c(C)nn3-c2nncc(-c3cccc(OC)c3)n2)cc1OC. The molecule has 0 spiro atoms. The number of amides is 1. The summed E-state index contributed by atoms with van der Waals surface area (Å²) >= 11 is 0. The standard InChI is InChI=1S/C27H24N6O4/c1-5-11-37-22-10-9-17(13-23(22)36-4)20-14-24(34)30-26-25(20)16(2)32-33(26)27-29-21(15-28-31-27)18-7-6-8-19(12-18)35-3/h1,6-10,12-13,15,20H,11,14H2,2-4H3,(H,30,34)/t20-/m0/s1. The molecule has 186 valence electrons. The van der Waals surface area contributed by atoms with Crippen LogP contribution in [-0.4, -0.2) is 51.7 Å². The summed E-state index contributed by atoms with van der Waals surface area (Å²) in [6.45, 7) is 2.02. The van der Waals surface area contributed by atoms with Crippen molar-refractivity contribution in [2.75, 3.05) is 26.1 Å². The van der Waals surface area contributed by atoms with Crippen molar-refractivity contribution in [3.8, 4) is 46.8 Å². The highest BCUT2D eigenvalue weighted by molar-refractivity contribution is 5.95. The second-order valence-electron chi connectivity index (χ2n) is 8.34. The number of carbonyl (C=O) groups is 1. The van der Waals surface area contributed by atoms with Crippen LogP contribution in [0.4, 0.5) is 5.82 Å². The van der Waals surface area contributed by atoms with Crippen LogP contribution in [0.15, 0.2) is 48.7 Å². The molecule has 4 aromatic rings. The van der Waals surface area contributed by atoms with E-state index in [0.717, 1.165) is 22.4 Å². The molecule has 3 heterocycles. The van der Waals surface area contributed by atoms with Crippen LogP contribution in [-0.2, 0) is 4.79 Å². The van der Waals surface area contributed by atoms with Gasteiger partial charge in [0.05, 0.1) is 31.8 Å². The van der Waals surface area contributed by atoms with Crippen LogP contribution in [0.25, 0.3) is 17.2 Å². The average molecular weight is 497 g/mol. The lowest BCUT2D eigenvalue weighted by atomic mass is 9.85. The number of anilines is 1. The fourth-order valence-electron chi connectivity index (χ4n) is 4.42. The van der Waals surface area contributed by atoms with E-state index in [1.165, 1.54) is 4.68 Å². The average Bonchev–Trinajstić information content (AvgIpc) is 3.27. The van der Waals surface area contributed by atoms with E-state index in [2.05, 4.69) is 31.5 Å². The van der Waals surface area contributed by atoms with E-state index in [1.807, 2.05) is 43.3 Å². The lowest BCUT2D eigenvalue weighted by Crippen LogP contribution is -2.25. The van der Waals surface area contributed by atoms with Crippen molar-refractivity contribution in [2.45, 2.75) is 19.3 Å². The Labute approximate surface area is 213 Å². The van der Waals surface area contributed by atoms with Gasteiger partial charge in [-0.15, -0.1) is 11.5 Å². The predicted molar refractivity (Wildman–Crippen MR) is 136 cm³/mol. The van der Waals surface area contributed by atoms with Gasteiger partial charge in [0.15, 0.2) is 11.5 Å². The minimum Gasteiger partial charge on any atom is -0.497 e. The third-order valence-corrected chi connectivity index (χ3v) is 6.11. The maximum Gasteiger partial charge on any atom is 0.272 e. The number of aromatic nitrogens is 5. The first kappa shape index (κ1) is 23.8. The quantitative estimate of drug-likeness (QED) is 0.387. The van der Waals surface area contributed by atoms with E-state index >= 15 is 0 Å². The minimum atomic E-state index is -0.261. The van der Waals surface area contributed by atoms with E-state index < -0.39 is 0 Å². The summed E-state index contributed by atoms with van der Waals surface area (Å²) in [5, 5.41) is 16.0. The Morgan fingerprint density at radius 2 is 2.03 bits per heavy atom. The number of hydrogen-bond donors (Lipinski definition) is 1.